The zero-order chi connectivity index (χ0) is 11.5. The Hall–Kier alpha value is -0.160. The first-order chi connectivity index (χ1) is 7.24. The van der Waals surface area contributed by atoms with E-state index in [2.05, 4.69) is 24.1 Å². The maximum absolute atomic E-state index is 8.85. The molecule has 0 heterocycles. The van der Waals surface area contributed by atoms with Crippen LogP contribution < -0.4 is 5.32 Å². The minimum absolute atomic E-state index is 0.162. The van der Waals surface area contributed by atoms with Gasteiger partial charge in [0.05, 0.1) is 13.2 Å². The van der Waals surface area contributed by atoms with Gasteiger partial charge in [0.15, 0.2) is 0 Å². The van der Waals surface area contributed by atoms with Crippen LogP contribution in [-0.4, -0.2) is 61.1 Å². The molecule has 0 saturated heterocycles. The van der Waals surface area contributed by atoms with Crippen molar-refractivity contribution < 1.29 is 10.2 Å². The van der Waals surface area contributed by atoms with Crippen molar-refractivity contribution in [2.45, 2.75) is 20.3 Å². The van der Waals surface area contributed by atoms with Gasteiger partial charge in [0, 0.05) is 19.6 Å². The monoisotopic (exact) mass is 218 g/mol. The van der Waals surface area contributed by atoms with Crippen LogP contribution in [-0.2, 0) is 0 Å². The maximum atomic E-state index is 8.85. The van der Waals surface area contributed by atoms with E-state index in [1.165, 1.54) is 0 Å². The van der Waals surface area contributed by atoms with Crippen LogP contribution in [0.3, 0.4) is 0 Å². The number of nitrogens with one attached hydrogen (secondary N) is 1. The van der Waals surface area contributed by atoms with Crippen molar-refractivity contribution in [2.75, 3.05) is 45.9 Å². The lowest BCUT2D eigenvalue weighted by atomic mass is 10.1. The average molecular weight is 218 g/mol. The SMILES string of the molecule is CCCNCC(C)CN(CCO)CCO. The second-order valence-electron chi connectivity index (χ2n) is 4.06. The summed E-state index contributed by atoms with van der Waals surface area (Å²) in [5.74, 6) is 0.551. The maximum Gasteiger partial charge on any atom is 0.0558 e. The third-order valence-corrected chi connectivity index (χ3v) is 2.32. The van der Waals surface area contributed by atoms with Gasteiger partial charge in [-0.1, -0.05) is 13.8 Å². The Morgan fingerprint density at radius 1 is 1.20 bits per heavy atom. The highest BCUT2D eigenvalue weighted by atomic mass is 16.3. The standard InChI is InChI=1S/C11H26N2O2/c1-3-4-12-9-11(2)10-13(5-7-14)6-8-15/h11-12,14-15H,3-10H2,1-2H3. The molecule has 0 radical (unpaired) electrons. The minimum Gasteiger partial charge on any atom is -0.395 e. The zero-order valence-corrected chi connectivity index (χ0v) is 10.1. The molecule has 92 valence electrons. The molecule has 0 spiro atoms. The lowest BCUT2D eigenvalue weighted by Crippen LogP contribution is -2.37. The summed E-state index contributed by atoms with van der Waals surface area (Å²) in [6.45, 7) is 8.96. The molecule has 1 atom stereocenters. The van der Waals surface area contributed by atoms with Crippen molar-refractivity contribution in [2.24, 2.45) is 5.92 Å². The van der Waals surface area contributed by atoms with E-state index in [9.17, 15) is 0 Å². The van der Waals surface area contributed by atoms with E-state index in [0.29, 0.717) is 19.0 Å². The van der Waals surface area contributed by atoms with Crippen molar-refractivity contribution in [1.82, 2.24) is 10.2 Å². The third-order valence-electron chi connectivity index (χ3n) is 2.32. The van der Waals surface area contributed by atoms with Crippen LogP contribution in [0.5, 0.6) is 0 Å². The second-order valence-corrected chi connectivity index (χ2v) is 4.06. The van der Waals surface area contributed by atoms with Gasteiger partial charge in [-0.05, 0) is 25.4 Å². The predicted octanol–water partition coefficient (Wildman–Crippen LogP) is -0.0913. The number of aliphatic hydroxyl groups excluding tert-OH is 2. The second kappa shape index (κ2) is 10.4. The smallest absolute Gasteiger partial charge is 0.0558 e. The molecule has 0 aromatic carbocycles. The summed E-state index contributed by atoms with van der Waals surface area (Å²) < 4.78 is 0. The van der Waals surface area contributed by atoms with Crippen LogP contribution in [0.1, 0.15) is 20.3 Å². The van der Waals surface area contributed by atoms with Gasteiger partial charge >= 0.3 is 0 Å². The van der Waals surface area contributed by atoms with E-state index < -0.39 is 0 Å². The highest BCUT2D eigenvalue weighted by Crippen LogP contribution is 1.98. The Morgan fingerprint density at radius 3 is 2.27 bits per heavy atom. The molecule has 15 heavy (non-hydrogen) atoms. The van der Waals surface area contributed by atoms with E-state index in [1.807, 2.05) is 0 Å². The number of hydrogen-bond donors (Lipinski definition) is 3. The van der Waals surface area contributed by atoms with Crippen LogP contribution in [0.25, 0.3) is 0 Å². The fourth-order valence-corrected chi connectivity index (χ4v) is 1.61. The lowest BCUT2D eigenvalue weighted by Gasteiger charge is -2.24. The van der Waals surface area contributed by atoms with Crippen LogP contribution >= 0.6 is 0 Å². The third kappa shape index (κ3) is 8.81. The summed E-state index contributed by atoms with van der Waals surface area (Å²) in [5.41, 5.74) is 0. The number of hydrogen-bond acceptors (Lipinski definition) is 4. The summed E-state index contributed by atoms with van der Waals surface area (Å²) in [7, 11) is 0. The van der Waals surface area contributed by atoms with Gasteiger partial charge in [-0.3, -0.25) is 4.90 Å². The lowest BCUT2D eigenvalue weighted by molar-refractivity contribution is 0.146. The highest BCUT2D eigenvalue weighted by Gasteiger charge is 2.08. The van der Waals surface area contributed by atoms with Crippen molar-refractivity contribution in [1.29, 1.82) is 0 Å². The van der Waals surface area contributed by atoms with Crippen LogP contribution in [0.2, 0.25) is 0 Å². The Labute approximate surface area is 93.3 Å². The molecular weight excluding hydrogens is 192 g/mol. The van der Waals surface area contributed by atoms with Gasteiger partial charge in [0.25, 0.3) is 0 Å². The molecule has 0 fully saturated rings. The Balaban J connectivity index is 3.62. The van der Waals surface area contributed by atoms with Gasteiger partial charge in [0.2, 0.25) is 0 Å². The molecule has 0 aromatic heterocycles. The summed E-state index contributed by atoms with van der Waals surface area (Å²) in [4.78, 5) is 2.10. The Bertz CT molecular complexity index is 128. The largest absolute Gasteiger partial charge is 0.395 e. The van der Waals surface area contributed by atoms with Gasteiger partial charge in [-0.15, -0.1) is 0 Å². The van der Waals surface area contributed by atoms with Gasteiger partial charge in [-0.25, -0.2) is 0 Å². The minimum atomic E-state index is 0.162. The fraction of sp³-hybridized carbons (Fsp3) is 1.00. The van der Waals surface area contributed by atoms with E-state index in [0.717, 1.165) is 26.1 Å². The normalized spacial score (nSPS) is 13.4. The van der Waals surface area contributed by atoms with Crippen molar-refractivity contribution in [3.8, 4) is 0 Å². The molecule has 4 heteroatoms. The molecule has 4 nitrogen and oxygen atoms in total. The van der Waals surface area contributed by atoms with Crippen LogP contribution in [0.15, 0.2) is 0 Å². The van der Waals surface area contributed by atoms with Crippen LogP contribution in [0.4, 0.5) is 0 Å². The molecular formula is C11H26N2O2. The van der Waals surface area contributed by atoms with Crippen LogP contribution in [0, 0.1) is 5.92 Å². The number of aliphatic hydroxyl groups is 2. The highest BCUT2D eigenvalue weighted by molar-refractivity contribution is 4.64. The first-order valence-electron chi connectivity index (χ1n) is 5.89. The van der Waals surface area contributed by atoms with Crippen molar-refractivity contribution >= 4 is 0 Å². The van der Waals surface area contributed by atoms with E-state index in [4.69, 9.17) is 10.2 Å². The molecule has 0 aromatic rings. The summed E-state index contributed by atoms with van der Waals surface area (Å²) >= 11 is 0. The average Bonchev–Trinajstić information content (AvgIpc) is 2.19. The predicted molar refractivity (Wildman–Crippen MR) is 62.9 cm³/mol. The molecule has 0 aliphatic heterocycles. The summed E-state index contributed by atoms with van der Waals surface area (Å²) in [6, 6.07) is 0. The molecule has 0 bridgehead atoms. The topological polar surface area (TPSA) is 55.7 Å². The summed E-state index contributed by atoms with van der Waals surface area (Å²) in [5, 5.41) is 21.1. The number of nitrogens with zero attached hydrogens (tertiary/aromatic N) is 1. The number of rotatable bonds is 10. The Kier molecular flexibility index (Phi) is 10.3. The van der Waals surface area contributed by atoms with E-state index in [-0.39, 0.29) is 13.2 Å². The molecule has 0 saturated carbocycles. The molecule has 0 amide bonds. The van der Waals surface area contributed by atoms with Gasteiger partial charge in [-0.2, -0.15) is 0 Å². The van der Waals surface area contributed by atoms with E-state index in [1.54, 1.807) is 0 Å². The van der Waals surface area contributed by atoms with Gasteiger partial charge < -0.3 is 15.5 Å². The van der Waals surface area contributed by atoms with Crippen molar-refractivity contribution in [3.05, 3.63) is 0 Å². The molecule has 0 aliphatic carbocycles. The van der Waals surface area contributed by atoms with Crippen molar-refractivity contribution in [3.63, 3.8) is 0 Å². The fourth-order valence-electron chi connectivity index (χ4n) is 1.61. The first-order valence-corrected chi connectivity index (χ1v) is 5.89. The zero-order valence-electron chi connectivity index (χ0n) is 10.1. The molecule has 0 aliphatic rings. The summed E-state index contributed by atoms with van der Waals surface area (Å²) in [6.07, 6.45) is 1.16. The Morgan fingerprint density at radius 2 is 1.80 bits per heavy atom. The molecule has 3 N–H and O–H groups in total. The first kappa shape index (κ1) is 14.8. The quantitative estimate of drug-likeness (QED) is 0.449. The van der Waals surface area contributed by atoms with Gasteiger partial charge in [0.1, 0.15) is 0 Å². The van der Waals surface area contributed by atoms with E-state index >= 15 is 0 Å². The molecule has 0 rings (SSSR count). The molecule has 1 unspecified atom stereocenters.